The van der Waals surface area contributed by atoms with Gasteiger partial charge in [-0.1, -0.05) is 81.9 Å². The number of rotatable bonds is 6. The molecule has 0 amide bonds. The van der Waals surface area contributed by atoms with Crippen molar-refractivity contribution in [2.24, 2.45) is 5.92 Å². The number of aryl methyl sites for hydroxylation is 1. The number of hydrogen-bond donors (Lipinski definition) is 0. The molecule has 0 bridgehead atoms. The van der Waals surface area contributed by atoms with Crippen molar-refractivity contribution in [2.45, 2.75) is 73.5 Å². The Balaban J connectivity index is 2.80. The molecule has 0 heterocycles. The summed E-state index contributed by atoms with van der Waals surface area (Å²) in [6.45, 7) is 27.8. The van der Waals surface area contributed by atoms with Crippen LogP contribution in [0.2, 0.25) is 19.6 Å². The molecule has 0 saturated carbocycles. The van der Waals surface area contributed by atoms with E-state index in [-0.39, 0.29) is 5.41 Å². The van der Waals surface area contributed by atoms with Crippen LogP contribution in [-0.2, 0) is 5.41 Å². The van der Waals surface area contributed by atoms with Crippen molar-refractivity contribution in [1.29, 1.82) is 0 Å². The maximum Gasteiger partial charge on any atom is 0.123 e. The first-order chi connectivity index (χ1) is 12.3. The van der Waals surface area contributed by atoms with Crippen LogP contribution in [0.3, 0.4) is 0 Å². The van der Waals surface area contributed by atoms with Crippen molar-refractivity contribution < 1.29 is 4.74 Å². The van der Waals surface area contributed by atoms with E-state index in [0.29, 0.717) is 12.5 Å². The highest BCUT2D eigenvalue weighted by molar-refractivity contribution is 6.89. The van der Waals surface area contributed by atoms with E-state index in [0.717, 1.165) is 5.75 Å². The summed E-state index contributed by atoms with van der Waals surface area (Å²) in [5, 5.41) is 1.41. The molecular weight excluding hydrogens is 344 g/mol. The fraction of sp³-hybridized carbons (Fsp3) is 0.520. The second kappa shape index (κ2) is 7.47. The molecule has 27 heavy (non-hydrogen) atoms. The van der Waals surface area contributed by atoms with Gasteiger partial charge in [0.15, 0.2) is 0 Å². The van der Waals surface area contributed by atoms with Crippen LogP contribution in [0.15, 0.2) is 47.1 Å². The predicted octanol–water partition coefficient (Wildman–Crippen LogP) is 6.69. The van der Waals surface area contributed by atoms with E-state index in [1.807, 2.05) is 6.08 Å². The van der Waals surface area contributed by atoms with Gasteiger partial charge in [-0.2, -0.15) is 0 Å². The molecule has 1 aromatic rings. The fourth-order valence-corrected chi connectivity index (χ4v) is 6.10. The molecule has 1 atom stereocenters. The summed E-state index contributed by atoms with van der Waals surface area (Å²) in [5.74, 6) is 1.62. The first kappa shape index (κ1) is 21.8. The van der Waals surface area contributed by atoms with E-state index < -0.39 is 8.07 Å². The van der Waals surface area contributed by atoms with Gasteiger partial charge in [0.25, 0.3) is 0 Å². The lowest BCUT2D eigenvalue weighted by atomic mass is 9.73. The molecule has 0 saturated heterocycles. The highest BCUT2D eigenvalue weighted by atomic mass is 28.3. The zero-order valence-corrected chi connectivity index (χ0v) is 20.1. The average molecular weight is 383 g/mol. The Morgan fingerprint density at radius 3 is 2.11 bits per heavy atom. The summed E-state index contributed by atoms with van der Waals surface area (Å²) < 4.78 is 6.35. The van der Waals surface area contributed by atoms with Crippen LogP contribution >= 0.6 is 0 Å². The van der Waals surface area contributed by atoms with Gasteiger partial charge in [-0.15, -0.1) is 0 Å². The fourth-order valence-electron chi connectivity index (χ4n) is 4.55. The monoisotopic (exact) mass is 382 g/mol. The first-order valence-electron chi connectivity index (χ1n) is 10.1. The summed E-state index contributed by atoms with van der Waals surface area (Å²) in [4.78, 5) is 0. The first-order valence-corrected chi connectivity index (χ1v) is 13.6. The standard InChI is InChI=1S/C25H38OSi/c1-12-13-26-24-21(14-16(2)15-22(24)27(9,10)11)25(7,8)23-19(5)17(3)18(4)20(23)6/h12,14-15,17H,1,13H2,2-11H3. The highest BCUT2D eigenvalue weighted by Crippen LogP contribution is 2.48. The van der Waals surface area contributed by atoms with Crippen molar-refractivity contribution in [1.82, 2.24) is 0 Å². The van der Waals surface area contributed by atoms with E-state index in [9.17, 15) is 0 Å². The average Bonchev–Trinajstić information content (AvgIpc) is 2.75. The predicted molar refractivity (Wildman–Crippen MR) is 123 cm³/mol. The molecule has 2 heteroatoms. The zero-order chi connectivity index (χ0) is 20.7. The van der Waals surface area contributed by atoms with E-state index in [1.165, 1.54) is 38.6 Å². The van der Waals surface area contributed by atoms with Crippen LogP contribution in [0.4, 0.5) is 0 Å². The van der Waals surface area contributed by atoms with Crippen molar-refractivity contribution in [3.63, 3.8) is 0 Å². The molecule has 1 aromatic carbocycles. The molecule has 0 fully saturated rings. The number of hydrogen-bond acceptors (Lipinski definition) is 1. The van der Waals surface area contributed by atoms with Crippen molar-refractivity contribution in [3.05, 3.63) is 58.2 Å². The van der Waals surface area contributed by atoms with Gasteiger partial charge >= 0.3 is 0 Å². The minimum atomic E-state index is -1.56. The van der Waals surface area contributed by atoms with Gasteiger partial charge in [0, 0.05) is 11.0 Å². The van der Waals surface area contributed by atoms with Gasteiger partial charge in [0.1, 0.15) is 12.4 Å². The van der Waals surface area contributed by atoms with Crippen LogP contribution in [0.5, 0.6) is 5.75 Å². The van der Waals surface area contributed by atoms with Gasteiger partial charge in [-0.05, 0) is 49.9 Å². The summed E-state index contributed by atoms with van der Waals surface area (Å²) in [6, 6.07) is 4.69. The smallest absolute Gasteiger partial charge is 0.123 e. The largest absolute Gasteiger partial charge is 0.489 e. The maximum absolute atomic E-state index is 6.35. The Kier molecular flexibility index (Phi) is 6.01. The second-order valence-corrected chi connectivity index (χ2v) is 14.8. The lowest BCUT2D eigenvalue weighted by molar-refractivity contribution is 0.355. The summed E-state index contributed by atoms with van der Waals surface area (Å²) in [7, 11) is -1.56. The summed E-state index contributed by atoms with van der Waals surface area (Å²) in [5.41, 5.74) is 8.49. The molecule has 2 rings (SSSR count). The van der Waals surface area contributed by atoms with Crippen molar-refractivity contribution in [3.8, 4) is 5.75 Å². The third kappa shape index (κ3) is 3.87. The lowest BCUT2D eigenvalue weighted by Crippen LogP contribution is -2.40. The Morgan fingerprint density at radius 2 is 1.67 bits per heavy atom. The quantitative estimate of drug-likeness (QED) is 0.393. The van der Waals surface area contributed by atoms with Crippen LogP contribution in [0.25, 0.3) is 0 Å². The van der Waals surface area contributed by atoms with Gasteiger partial charge in [0.2, 0.25) is 0 Å². The number of allylic oxidation sites excluding steroid dienone is 4. The second-order valence-electron chi connectivity index (χ2n) is 9.75. The van der Waals surface area contributed by atoms with Gasteiger partial charge in [-0.25, -0.2) is 0 Å². The molecule has 0 N–H and O–H groups in total. The van der Waals surface area contributed by atoms with E-state index in [1.54, 1.807) is 0 Å². The minimum Gasteiger partial charge on any atom is -0.489 e. The van der Waals surface area contributed by atoms with Gasteiger partial charge < -0.3 is 4.74 Å². The third-order valence-electron chi connectivity index (χ3n) is 6.35. The third-order valence-corrected chi connectivity index (χ3v) is 8.33. The number of ether oxygens (including phenoxy) is 1. The van der Waals surface area contributed by atoms with E-state index in [4.69, 9.17) is 4.74 Å². The molecule has 0 spiro atoms. The molecule has 148 valence electrons. The van der Waals surface area contributed by atoms with Gasteiger partial charge in [-0.3, -0.25) is 0 Å². The van der Waals surface area contributed by atoms with Crippen LogP contribution in [0.1, 0.15) is 52.7 Å². The Morgan fingerprint density at radius 1 is 1.07 bits per heavy atom. The van der Waals surface area contributed by atoms with Crippen molar-refractivity contribution in [2.75, 3.05) is 6.61 Å². The summed E-state index contributed by atoms with van der Waals surface area (Å²) in [6.07, 6.45) is 1.85. The Labute approximate surface area is 168 Å². The molecule has 1 nitrogen and oxygen atoms in total. The molecule has 1 aliphatic carbocycles. The normalized spacial score (nSPS) is 18.4. The SMILES string of the molecule is C=CCOc1c(C(C)(C)C2=C(C)C(C)C(C)=C2C)cc(C)cc1[Si](C)(C)C. The zero-order valence-electron chi connectivity index (χ0n) is 19.1. The lowest BCUT2D eigenvalue weighted by Gasteiger charge is -2.34. The van der Waals surface area contributed by atoms with Crippen LogP contribution in [0, 0.1) is 12.8 Å². The maximum atomic E-state index is 6.35. The Bertz CT molecular complexity index is 815. The molecule has 0 aliphatic heterocycles. The van der Waals surface area contributed by atoms with Crippen LogP contribution < -0.4 is 9.92 Å². The molecular formula is C25H38OSi. The Hall–Kier alpha value is -1.54. The van der Waals surface area contributed by atoms with Gasteiger partial charge in [0.05, 0.1) is 8.07 Å². The van der Waals surface area contributed by atoms with E-state index in [2.05, 4.69) is 86.8 Å². The van der Waals surface area contributed by atoms with Crippen LogP contribution in [-0.4, -0.2) is 14.7 Å². The number of benzene rings is 1. The van der Waals surface area contributed by atoms with Crippen molar-refractivity contribution >= 4 is 13.3 Å². The summed E-state index contributed by atoms with van der Waals surface area (Å²) >= 11 is 0. The topological polar surface area (TPSA) is 9.23 Å². The molecule has 1 unspecified atom stereocenters. The molecule has 0 radical (unpaired) electrons. The molecule has 0 aromatic heterocycles. The minimum absolute atomic E-state index is 0.100. The highest BCUT2D eigenvalue weighted by Gasteiger charge is 2.38. The van der Waals surface area contributed by atoms with E-state index >= 15 is 0 Å². The molecule has 1 aliphatic rings.